The van der Waals surface area contributed by atoms with Crippen LogP contribution < -0.4 is 21.2 Å². The summed E-state index contributed by atoms with van der Waals surface area (Å²) in [4.78, 5) is 39.3. The minimum absolute atomic E-state index is 0.215. The number of nitrogens with zero attached hydrogens (tertiary/aromatic N) is 3. The maximum atomic E-state index is 13.0. The van der Waals surface area contributed by atoms with Crippen LogP contribution in [0.5, 0.6) is 0 Å². The van der Waals surface area contributed by atoms with E-state index in [0.717, 1.165) is 41.6 Å². The van der Waals surface area contributed by atoms with Crippen LogP contribution in [0.3, 0.4) is 0 Å². The van der Waals surface area contributed by atoms with Crippen molar-refractivity contribution in [1.82, 2.24) is 19.8 Å². The van der Waals surface area contributed by atoms with Gasteiger partial charge < -0.3 is 10.2 Å². The van der Waals surface area contributed by atoms with Gasteiger partial charge >= 0.3 is 5.69 Å². The lowest BCUT2D eigenvalue weighted by atomic mass is 9.83. The van der Waals surface area contributed by atoms with Gasteiger partial charge in [-0.1, -0.05) is 0 Å². The largest absolute Gasteiger partial charge is 0.371 e. The van der Waals surface area contributed by atoms with E-state index in [1.807, 2.05) is 6.07 Å². The number of hydrogen-bond acceptors (Lipinski definition) is 5. The summed E-state index contributed by atoms with van der Waals surface area (Å²) in [5.41, 5.74) is 2.49. The average molecular weight is 440 g/mol. The number of hydrogen-bond donors (Lipinski definition) is 2. The van der Waals surface area contributed by atoms with Crippen LogP contribution in [0.4, 0.5) is 5.69 Å². The molecule has 3 fully saturated rings. The van der Waals surface area contributed by atoms with Crippen LogP contribution in [0, 0.1) is 11.8 Å². The summed E-state index contributed by atoms with van der Waals surface area (Å²) in [7, 11) is 1.75. The number of anilines is 1. The summed E-state index contributed by atoms with van der Waals surface area (Å²) in [6, 6.07) is 5.46. The van der Waals surface area contributed by atoms with Crippen molar-refractivity contribution in [2.45, 2.75) is 51.0 Å². The Morgan fingerprint density at radius 1 is 0.938 bits per heavy atom. The second kappa shape index (κ2) is 8.73. The molecular formula is C24H33N5O3. The molecule has 2 aromatic rings. The van der Waals surface area contributed by atoms with Crippen molar-refractivity contribution in [2.24, 2.45) is 18.9 Å². The van der Waals surface area contributed by atoms with Crippen LogP contribution in [-0.2, 0) is 16.6 Å². The fraction of sp³-hybridized carbons (Fsp3) is 0.625. The topological polar surface area (TPSA) is 88.4 Å². The van der Waals surface area contributed by atoms with Crippen LogP contribution in [0.15, 0.2) is 23.0 Å². The van der Waals surface area contributed by atoms with Crippen molar-refractivity contribution < 1.29 is 9.59 Å². The molecule has 0 spiro atoms. The second-order valence-corrected chi connectivity index (χ2v) is 9.71. The highest BCUT2D eigenvalue weighted by Gasteiger charge is 2.31. The van der Waals surface area contributed by atoms with E-state index in [9.17, 15) is 14.4 Å². The summed E-state index contributed by atoms with van der Waals surface area (Å²) in [5.74, 6) is 1.03. The first-order valence-electron chi connectivity index (χ1n) is 12.0. The van der Waals surface area contributed by atoms with Crippen molar-refractivity contribution in [3.63, 3.8) is 0 Å². The lowest BCUT2D eigenvalue weighted by Crippen LogP contribution is -2.44. The Hall–Kier alpha value is -2.61. The van der Waals surface area contributed by atoms with E-state index in [0.29, 0.717) is 6.42 Å². The van der Waals surface area contributed by atoms with Gasteiger partial charge in [-0.2, -0.15) is 0 Å². The zero-order chi connectivity index (χ0) is 22.2. The Balaban J connectivity index is 1.32. The van der Waals surface area contributed by atoms with Gasteiger partial charge in [0.1, 0.15) is 6.04 Å². The molecule has 0 radical (unpaired) electrons. The lowest BCUT2D eigenvalue weighted by Gasteiger charge is -2.36. The smallest absolute Gasteiger partial charge is 0.329 e. The maximum Gasteiger partial charge on any atom is 0.329 e. The van der Waals surface area contributed by atoms with Gasteiger partial charge in [0.15, 0.2) is 0 Å². The van der Waals surface area contributed by atoms with Crippen molar-refractivity contribution >= 4 is 28.5 Å². The number of aromatic nitrogens is 2. The summed E-state index contributed by atoms with van der Waals surface area (Å²) in [6.45, 7) is 4.42. The molecule has 3 aliphatic rings. The van der Waals surface area contributed by atoms with Crippen LogP contribution in [0.25, 0.3) is 11.0 Å². The highest BCUT2D eigenvalue weighted by Crippen LogP contribution is 2.32. The molecule has 3 aliphatic heterocycles. The minimum Gasteiger partial charge on any atom is -0.371 e. The SMILES string of the molecule is Cn1c(=O)n(C2CCC(=O)NC2=O)c2ccc(N3CCC(CC4CCNCC4)CC3)cc21. The normalized spacial score (nSPS) is 23.7. The van der Waals surface area contributed by atoms with E-state index in [1.54, 1.807) is 16.2 Å². The number of amides is 2. The molecule has 0 aliphatic carbocycles. The second-order valence-electron chi connectivity index (χ2n) is 9.71. The summed E-state index contributed by atoms with van der Waals surface area (Å²) >= 11 is 0. The number of aryl methyl sites for hydroxylation is 1. The van der Waals surface area contributed by atoms with Crippen molar-refractivity contribution in [3.8, 4) is 0 Å². The van der Waals surface area contributed by atoms with Gasteiger partial charge in [-0.15, -0.1) is 0 Å². The fourth-order valence-electron chi connectivity index (χ4n) is 5.79. The van der Waals surface area contributed by atoms with Gasteiger partial charge in [-0.25, -0.2) is 4.79 Å². The predicted octanol–water partition coefficient (Wildman–Crippen LogP) is 1.92. The Morgan fingerprint density at radius 3 is 2.38 bits per heavy atom. The first-order valence-corrected chi connectivity index (χ1v) is 12.0. The first kappa shape index (κ1) is 21.2. The maximum absolute atomic E-state index is 13.0. The van der Waals surface area contributed by atoms with Gasteiger partial charge in [-0.05, 0) is 81.6 Å². The van der Waals surface area contributed by atoms with Crippen LogP contribution in [0.1, 0.15) is 51.0 Å². The number of rotatable bonds is 4. The third-order valence-corrected chi connectivity index (χ3v) is 7.70. The molecule has 0 bridgehead atoms. The number of imide groups is 1. The highest BCUT2D eigenvalue weighted by atomic mass is 16.2. The molecule has 0 saturated carbocycles. The number of nitrogens with one attached hydrogen (secondary N) is 2. The van der Waals surface area contributed by atoms with Crippen molar-refractivity contribution in [2.75, 3.05) is 31.1 Å². The highest BCUT2D eigenvalue weighted by molar-refractivity contribution is 6.00. The molecule has 8 heteroatoms. The third kappa shape index (κ3) is 3.96. The van der Waals surface area contributed by atoms with Gasteiger partial charge in [0.2, 0.25) is 11.8 Å². The molecule has 1 unspecified atom stereocenters. The number of fused-ring (bicyclic) bond motifs is 1. The van der Waals surface area contributed by atoms with E-state index >= 15 is 0 Å². The Morgan fingerprint density at radius 2 is 1.66 bits per heavy atom. The molecule has 2 N–H and O–H groups in total. The molecule has 1 atom stereocenters. The quantitative estimate of drug-likeness (QED) is 0.711. The van der Waals surface area contributed by atoms with Crippen molar-refractivity contribution in [1.29, 1.82) is 0 Å². The number of carbonyl (C=O) groups is 2. The molecule has 172 valence electrons. The van der Waals surface area contributed by atoms with Crippen LogP contribution in [-0.4, -0.2) is 47.1 Å². The van der Waals surface area contributed by atoms with E-state index < -0.39 is 11.9 Å². The standard InChI is InChI=1S/C24H33N5O3/c1-27-21-15-18(28-12-8-17(9-13-28)14-16-6-10-25-11-7-16)2-3-19(21)29(24(27)32)20-4-5-22(30)26-23(20)31/h2-3,15-17,20,25H,4-14H2,1H3,(H,26,30,31). The van der Waals surface area contributed by atoms with Crippen LogP contribution >= 0.6 is 0 Å². The third-order valence-electron chi connectivity index (χ3n) is 7.70. The monoisotopic (exact) mass is 439 g/mol. The molecule has 1 aromatic heterocycles. The van der Waals surface area contributed by atoms with E-state index in [-0.39, 0.29) is 18.0 Å². The first-order chi connectivity index (χ1) is 15.5. The van der Waals surface area contributed by atoms with Gasteiger partial charge in [0, 0.05) is 32.2 Å². The zero-order valence-corrected chi connectivity index (χ0v) is 18.8. The average Bonchev–Trinajstić information content (AvgIpc) is 3.05. The van der Waals surface area contributed by atoms with Gasteiger partial charge in [0.25, 0.3) is 0 Å². The summed E-state index contributed by atoms with van der Waals surface area (Å²) in [5, 5.41) is 5.83. The number of benzene rings is 1. The molecule has 1 aromatic carbocycles. The minimum atomic E-state index is -0.638. The molecule has 5 rings (SSSR count). The predicted molar refractivity (Wildman–Crippen MR) is 124 cm³/mol. The Labute approximate surface area is 187 Å². The van der Waals surface area contributed by atoms with E-state index in [1.165, 1.54) is 45.2 Å². The van der Waals surface area contributed by atoms with E-state index in [2.05, 4.69) is 27.7 Å². The number of piperidine rings is 3. The van der Waals surface area contributed by atoms with E-state index in [4.69, 9.17) is 0 Å². The lowest BCUT2D eigenvalue weighted by molar-refractivity contribution is -0.135. The Kier molecular flexibility index (Phi) is 5.80. The summed E-state index contributed by atoms with van der Waals surface area (Å²) < 4.78 is 3.17. The molecule has 32 heavy (non-hydrogen) atoms. The number of imidazole rings is 1. The molecule has 3 saturated heterocycles. The molecular weight excluding hydrogens is 406 g/mol. The molecule has 4 heterocycles. The van der Waals surface area contributed by atoms with Crippen molar-refractivity contribution in [3.05, 3.63) is 28.7 Å². The Bertz CT molecular complexity index is 1070. The molecule has 8 nitrogen and oxygen atoms in total. The van der Waals surface area contributed by atoms with Crippen LogP contribution in [0.2, 0.25) is 0 Å². The zero-order valence-electron chi connectivity index (χ0n) is 18.8. The molecule has 2 amide bonds. The van der Waals surface area contributed by atoms with Gasteiger partial charge in [0.05, 0.1) is 11.0 Å². The van der Waals surface area contributed by atoms with Gasteiger partial charge in [-0.3, -0.25) is 24.0 Å². The fourth-order valence-corrected chi connectivity index (χ4v) is 5.79. The number of carbonyl (C=O) groups excluding carboxylic acids is 2. The summed E-state index contributed by atoms with van der Waals surface area (Å²) in [6.07, 6.45) is 7.04.